The quantitative estimate of drug-likeness (QED) is 0.0478. The summed E-state index contributed by atoms with van der Waals surface area (Å²) in [5.74, 6) is -7.24. The molecule has 2 aromatic rings. The molecule has 2 saturated heterocycles. The molecule has 509 valence electrons. The fraction of sp³-hybridized carbons (Fsp3) is 0.619. The number of hydrogen-bond acceptors (Lipinski definition) is 20. The maximum atomic E-state index is 14.4. The van der Waals surface area contributed by atoms with E-state index in [-0.39, 0.29) is 94.0 Å². The van der Waals surface area contributed by atoms with Gasteiger partial charge in [0.25, 0.3) is 7.82 Å². The minimum atomic E-state index is -5.32. The van der Waals surface area contributed by atoms with Gasteiger partial charge in [0.05, 0.1) is 41.7 Å². The van der Waals surface area contributed by atoms with Gasteiger partial charge in [-0.25, -0.2) is 4.98 Å². The molecule has 93 heavy (non-hydrogen) atoms. The SMILES string of the molecule is C/C1=C2N=C(/C=C3\N/C(=C(/C)C4=N[C@@](C)([C@@H]5N=C1[C@](C)(CCC(=O)NC[C@@H](C)OP(=O)([O-])O[C@H]1[C@@H](O)[C@@H](n6cnc7cc(C)c(C)cc76)O[C@@H]1CO)[C@H]5CC(N)=O)[C@@](C)(CC(N)=O)[C@@H]4CCC(N)=O)[C@@](C)(CC(N)=O)[C@@H]3CCC(N)=O)C(C)(C)[C@@H]/2CCC(N)=O.[C-]#N.[Co+2]. The number of allylic oxidation sites excluding steroid dienone is 6. The van der Waals surface area contributed by atoms with Crippen LogP contribution in [0.1, 0.15) is 150 Å². The summed E-state index contributed by atoms with van der Waals surface area (Å²) >= 11 is 0. The van der Waals surface area contributed by atoms with E-state index >= 15 is 0 Å². The van der Waals surface area contributed by atoms with Crippen molar-refractivity contribution in [3.8, 4) is 0 Å². The Bertz CT molecular complexity index is 3600. The average Bonchev–Trinajstić information content (AvgIpc) is 1.53. The number of nitrogens with two attached hydrogens (primary N) is 6. The number of nitrogens with zero attached hydrogens (tertiary/aromatic N) is 6. The van der Waals surface area contributed by atoms with E-state index in [4.69, 9.17) is 75.0 Å². The average molecular weight is 1360 g/mol. The number of aryl methyl sites for hydroxylation is 2. The fourth-order valence-corrected chi connectivity index (χ4v) is 16.6. The number of aliphatic hydroxyl groups excluding tert-OH is 2. The van der Waals surface area contributed by atoms with Crippen LogP contribution in [0.15, 0.2) is 67.8 Å². The van der Waals surface area contributed by atoms with Gasteiger partial charge in [0, 0.05) is 131 Å². The van der Waals surface area contributed by atoms with Crippen molar-refractivity contribution < 1.29 is 83.8 Å². The van der Waals surface area contributed by atoms with Crippen LogP contribution in [-0.2, 0) is 68.7 Å². The van der Waals surface area contributed by atoms with Gasteiger partial charge in [0.1, 0.15) is 18.3 Å². The predicted octanol–water partition coefficient (Wildman–Crippen LogP) is 2.63. The second-order valence-electron chi connectivity index (χ2n) is 27.1. The number of aliphatic imine (C=N–C) groups is 3. The third kappa shape index (κ3) is 14.6. The number of benzene rings is 1. The van der Waals surface area contributed by atoms with E-state index < -0.39 is 143 Å². The molecule has 7 heterocycles. The molecule has 0 spiro atoms. The number of amides is 7. The van der Waals surface area contributed by atoms with Gasteiger partial charge in [-0.2, -0.15) is 0 Å². The van der Waals surface area contributed by atoms with Crippen molar-refractivity contribution in [2.45, 2.75) is 189 Å². The van der Waals surface area contributed by atoms with Crippen molar-refractivity contribution in [1.82, 2.24) is 20.2 Å². The zero-order valence-electron chi connectivity index (χ0n) is 54.5. The topological polar surface area (TPSA) is 487 Å². The molecule has 1 aromatic carbocycles. The van der Waals surface area contributed by atoms with Crippen LogP contribution in [0.4, 0.5) is 0 Å². The minimum absolute atomic E-state index is 0. The minimum Gasteiger partial charge on any atom is -0.756 e. The maximum absolute atomic E-state index is 14.4. The number of aromatic nitrogens is 2. The van der Waals surface area contributed by atoms with Gasteiger partial charge in [-0.15, -0.1) is 0 Å². The zero-order valence-corrected chi connectivity index (χ0v) is 56.4. The monoisotopic (exact) mass is 1360 g/mol. The Hall–Kier alpha value is -7.00. The summed E-state index contributed by atoms with van der Waals surface area (Å²) in [5, 5.41) is 34.4. The number of rotatable bonds is 26. The van der Waals surface area contributed by atoms with Crippen LogP contribution < -0.4 is 49.9 Å². The molecular weight excluding hydrogens is 1270 g/mol. The number of aliphatic hydroxyl groups is 2. The second-order valence-corrected chi connectivity index (χ2v) is 28.4. The smallest absolute Gasteiger partial charge is 0.756 e. The molecule has 1 aromatic heterocycles. The summed E-state index contributed by atoms with van der Waals surface area (Å²) in [6, 6.07) is 2.67. The van der Waals surface area contributed by atoms with Gasteiger partial charge in [-0.05, 0) is 108 Å². The number of hydrogen-bond donors (Lipinski definition) is 10. The van der Waals surface area contributed by atoms with E-state index in [1.165, 1.54) is 17.8 Å². The number of phosphoric acid groups is 1. The summed E-state index contributed by atoms with van der Waals surface area (Å²) in [5.41, 5.74) is 37.2. The summed E-state index contributed by atoms with van der Waals surface area (Å²) in [6.07, 6.45) is -4.57. The molecule has 6 aliphatic rings. The Morgan fingerprint density at radius 2 is 1.41 bits per heavy atom. The number of primary amides is 6. The Labute approximate surface area is 551 Å². The fourth-order valence-electron chi connectivity index (χ4n) is 15.4. The van der Waals surface area contributed by atoms with Crippen molar-refractivity contribution in [3.05, 3.63) is 70.5 Å². The molecule has 2 fully saturated rings. The largest absolute Gasteiger partial charge is 2.00 e. The molecule has 16 N–H and O–H groups in total. The Morgan fingerprint density at radius 1 is 0.828 bits per heavy atom. The molecule has 1 radical (unpaired) electrons. The molecule has 0 aliphatic carbocycles. The number of phosphoric ester groups is 1. The standard InChI is InChI=1S/C62H90N13O14P.CN.Co/c1-29-20-39-40(21-30(29)2)75(28-70-39)57-52(84)53(41(27-76)87-57)89-90(85,86)88-31(3)26-69-49(83)18-19-59(8)37(22-46(66)80)56-62(11)61(10,25-48(68)82)36(14-17-45(65)79)51(74-62)33(5)55-60(9,24-47(67)81)34(12-15-43(63)77)38(71-55)23-42-58(6,7)35(13-16-44(64)78)50(72-42)32(4)54(59)73-56;1-2;/h20-21,23,28,31,34-37,41,52-53,56-57,71,76,84H,12-19,22,24-27H2,1-11H3,(H2,63,77)(H2,64,78)(H2,65,79)(H2,66,80)(H2,67,81)(H2,68,82)(H,69,83)(H,85,86);;/q;-1;+2/p-1/b38-23-,50-32-,55-33-;;/t31-,34-,35-,36-,37+,41-,52-,53-,56-,57+,59-,60+,61+,62+;;/m1../s1. The van der Waals surface area contributed by atoms with Crippen LogP contribution in [0.25, 0.3) is 11.0 Å². The number of carbonyl (C=O) groups excluding carboxylic acids is 7. The molecule has 1 unspecified atom stereocenters. The van der Waals surface area contributed by atoms with Crippen molar-refractivity contribution in [2.75, 3.05) is 13.2 Å². The molecule has 7 amide bonds. The third-order valence-electron chi connectivity index (χ3n) is 20.6. The number of carbonyl (C=O) groups is 7. The van der Waals surface area contributed by atoms with Crippen molar-refractivity contribution >= 4 is 77.3 Å². The first kappa shape index (κ1) is 75.0. The summed E-state index contributed by atoms with van der Waals surface area (Å²) in [4.78, 5) is 128. The van der Waals surface area contributed by atoms with Crippen LogP contribution in [0.5, 0.6) is 0 Å². The van der Waals surface area contributed by atoms with Gasteiger partial charge in [0.2, 0.25) is 41.4 Å². The van der Waals surface area contributed by atoms with Crippen molar-refractivity contribution in [2.24, 2.45) is 94.7 Å². The summed E-state index contributed by atoms with van der Waals surface area (Å²) in [7, 11) is -5.32. The zero-order chi connectivity index (χ0) is 68.7. The van der Waals surface area contributed by atoms with E-state index in [0.29, 0.717) is 56.4 Å². The molecule has 15 atom stereocenters. The number of imidazole rings is 1. The van der Waals surface area contributed by atoms with Crippen molar-refractivity contribution in [3.63, 3.8) is 0 Å². The van der Waals surface area contributed by atoms with Crippen LogP contribution in [0, 0.1) is 71.0 Å². The Kier molecular flexibility index (Phi) is 23.0. The van der Waals surface area contributed by atoms with Gasteiger partial charge in [-0.3, -0.25) is 53.1 Å². The Balaban J connectivity index is 0.00000453. The molecule has 6 aliphatic heterocycles. The van der Waals surface area contributed by atoms with Crippen LogP contribution in [0.3, 0.4) is 0 Å². The third-order valence-corrected chi connectivity index (χ3v) is 21.7. The molecule has 8 bridgehead atoms. The number of ether oxygens (including phenoxy) is 1. The molecular formula is C63H89CoN14O14P. The van der Waals surface area contributed by atoms with Crippen LogP contribution in [-0.4, -0.2) is 127 Å². The van der Waals surface area contributed by atoms with Gasteiger partial charge < -0.3 is 90.3 Å². The van der Waals surface area contributed by atoms with Gasteiger partial charge in [-0.1, -0.05) is 34.6 Å². The van der Waals surface area contributed by atoms with E-state index in [2.05, 4.69) is 15.6 Å². The van der Waals surface area contributed by atoms with E-state index in [0.717, 1.165) is 11.1 Å². The molecule has 8 rings (SSSR count). The van der Waals surface area contributed by atoms with E-state index in [1.807, 2.05) is 87.4 Å². The predicted molar refractivity (Wildman–Crippen MR) is 336 cm³/mol. The van der Waals surface area contributed by atoms with Crippen LogP contribution >= 0.6 is 7.82 Å². The first-order valence-electron chi connectivity index (χ1n) is 30.8. The number of nitrogens with one attached hydrogen (secondary N) is 2. The summed E-state index contributed by atoms with van der Waals surface area (Å²) in [6.45, 7) is 23.8. The van der Waals surface area contributed by atoms with Crippen LogP contribution in [0.2, 0.25) is 0 Å². The first-order chi connectivity index (χ1) is 42.8. The van der Waals surface area contributed by atoms with Gasteiger partial charge >= 0.3 is 16.8 Å². The number of fused-ring (bicyclic) bond motifs is 7. The van der Waals surface area contributed by atoms with Gasteiger partial charge in [0.15, 0.2) is 6.23 Å². The molecule has 28 nitrogen and oxygen atoms in total. The van der Waals surface area contributed by atoms with E-state index in [9.17, 15) is 53.2 Å². The van der Waals surface area contributed by atoms with Crippen molar-refractivity contribution in [1.29, 1.82) is 5.26 Å². The molecule has 0 saturated carbocycles. The maximum Gasteiger partial charge on any atom is 2.00 e. The van der Waals surface area contributed by atoms with E-state index in [1.54, 1.807) is 0 Å². The Morgan fingerprint density at radius 3 is 1.98 bits per heavy atom. The second kappa shape index (κ2) is 28.5. The normalized spacial score (nSPS) is 33.1. The summed E-state index contributed by atoms with van der Waals surface area (Å²) < 4.78 is 31.9. The molecule has 30 heteroatoms. The first-order valence-corrected chi connectivity index (χ1v) is 32.2.